The van der Waals surface area contributed by atoms with Crippen LogP contribution in [0.2, 0.25) is 0 Å². The Morgan fingerprint density at radius 2 is 0.683 bits per heavy atom. The van der Waals surface area contributed by atoms with Crippen molar-refractivity contribution in [1.82, 2.24) is 0 Å². The van der Waals surface area contributed by atoms with Crippen molar-refractivity contribution in [1.29, 1.82) is 0 Å². The van der Waals surface area contributed by atoms with Gasteiger partial charge in [0.2, 0.25) is 0 Å². The Labute approximate surface area is 308 Å². The molecule has 0 aromatic carbocycles. The van der Waals surface area contributed by atoms with E-state index in [2.05, 4.69) is 49.3 Å². The lowest BCUT2D eigenvalue weighted by Crippen LogP contribution is -1.71. The Kier molecular flexibility index (Phi) is 11.4. The van der Waals surface area contributed by atoms with Crippen LogP contribution in [0.15, 0.2) is 75.9 Å². The fraction of sp³-hybridized carbons (Fsp3) is 0.167. The van der Waals surface area contributed by atoms with Crippen LogP contribution in [0.1, 0.15) is 11.5 Å². The zero-order valence-corrected chi connectivity index (χ0v) is 34.3. The van der Waals surface area contributed by atoms with E-state index in [1.165, 1.54) is 59.3 Å². The van der Waals surface area contributed by atoms with Crippen molar-refractivity contribution < 1.29 is 4.42 Å². The second-order valence-electron chi connectivity index (χ2n) is 7.66. The Bertz CT molecular complexity index is 1390. The van der Waals surface area contributed by atoms with Crippen LogP contribution in [0.3, 0.4) is 0 Å². The summed E-state index contributed by atoms with van der Waals surface area (Å²) in [4.78, 5) is 0. The number of furan rings is 1. The molecule has 0 amide bonds. The van der Waals surface area contributed by atoms with Gasteiger partial charge in [0.25, 0.3) is 0 Å². The van der Waals surface area contributed by atoms with Crippen molar-refractivity contribution in [3.05, 3.63) is 83.0 Å². The van der Waals surface area contributed by atoms with E-state index in [-0.39, 0.29) is 0 Å². The van der Waals surface area contributed by atoms with Gasteiger partial charge >= 0.3 is 0 Å². The van der Waals surface area contributed by atoms with Crippen LogP contribution in [0.5, 0.6) is 0 Å². The van der Waals surface area contributed by atoms with E-state index < -0.39 is 0 Å². The van der Waals surface area contributed by atoms with Crippen molar-refractivity contribution in [2.45, 2.75) is 0 Å². The first-order valence-electron chi connectivity index (χ1n) is 11.3. The summed E-state index contributed by atoms with van der Waals surface area (Å²) in [6.07, 6.45) is 13.1. The lowest BCUT2D eigenvalue weighted by molar-refractivity contribution is 0.547. The van der Waals surface area contributed by atoms with Crippen molar-refractivity contribution >= 4 is 200 Å². The molecule has 7 rings (SSSR count). The molecule has 0 fully saturated rings. The van der Waals surface area contributed by atoms with Gasteiger partial charge in [0.15, 0.2) is 0 Å². The largest absolute Gasteiger partial charge is 0.457 e. The Morgan fingerprint density at radius 3 is 0.976 bits per heavy atom. The van der Waals surface area contributed by atoms with Gasteiger partial charge in [-0.05, 0) is 37.2 Å². The molecule has 0 N–H and O–H groups in total. The summed E-state index contributed by atoms with van der Waals surface area (Å²) in [5.41, 5.74) is 0. The topological polar surface area (TPSA) is 13.1 Å². The molecule has 0 saturated heterocycles. The van der Waals surface area contributed by atoms with Crippen molar-refractivity contribution in [2.75, 3.05) is 25.0 Å². The van der Waals surface area contributed by atoms with Gasteiger partial charge in [-0.2, -0.15) is 0 Å². The van der Waals surface area contributed by atoms with Crippen LogP contribution in [-0.2, 0) is 0 Å². The maximum absolute atomic E-state index is 6.23. The van der Waals surface area contributed by atoms with Crippen LogP contribution in [0.4, 0.5) is 0 Å². The zero-order chi connectivity index (χ0) is 28.1. The molecule has 41 heavy (non-hydrogen) atoms. The fourth-order valence-electron chi connectivity index (χ4n) is 3.45. The maximum atomic E-state index is 6.23. The highest BCUT2D eigenvalue weighted by atomic mass is 32.3. The van der Waals surface area contributed by atoms with Gasteiger partial charge in [0.05, 0.1) is 59.3 Å². The smallest absolute Gasteiger partial charge is 0.129 e. The van der Waals surface area contributed by atoms with Gasteiger partial charge in [0, 0.05) is 12.2 Å². The quantitative estimate of drug-likeness (QED) is 0.270. The highest BCUT2D eigenvalue weighted by molar-refractivity contribution is 8.51. The highest BCUT2D eigenvalue weighted by Gasteiger charge is 2.36. The number of hydrogen-bond acceptors (Lipinski definition) is 17. The lowest BCUT2D eigenvalue weighted by atomic mass is 10.4. The van der Waals surface area contributed by atoms with Gasteiger partial charge in [0.1, 0.15) is 11.5 Å². The Balaban J connectivity index is 0.939. The second-order valence-corrected chi connectivity index (χ2v) is 26.9. The van der Waals surface area contributed by atoms with Crippen LogP contribution < -0.4 is 0 Å². The molecule has 1 nitrogen and oxygen atoms in total. The van der Waals surface area contributed by atoms with Crippen LogP contribution >= 0.6 is 188 Å². The molecule has 0 spiro atoms. The SMILES string of the molecule is CSC1=C(SC)SC(=C2SC3=C(SC(=Cc4ccc(C=C5SC6=C(S5)SC(=C5SC(SC)=C(SC)S5)S6)o4)S3)S2)S1. The molecule has 0 atom stereocenters. The van der Waals surface area contributed by atoms with Gasteiger partial charge < -0.3 is 4.42 Å². The molecule has 17 heteroatoms. The average molecular weight is 833 g/mol. The monoisotopic (exact) mass is 832 g/mol. The van der Waals surface area contributed by atoms with E-state index in [0.29, 0.717) is 0 Å². The second kappa shape index (κ2) is 14.5. The minimum absolute atomic E-state index is 0.920. The third-order valence-electron chi connectivity index (χ3n) is 5.17. The van der Waals surface area contributed by atoms with Gasteiger partial charge in [-0.1, -0.05) is 141 Å². The highest BCUT2D eigenvalue weighted by Crippen LogP contribution is 2.72. The van der Waals surface area contributed by atoms with Crippen LogP contribution in [0.25, 0.3) is 12.2 Å². The van der Waals surface area contributed by atoms with Gasteiger partial charge in [-0.15, -0.1) is 47.0 Å². The van der Waals surface area contributed by atoms with E-state index in [1.807, 2.05) is 188 Å². The molecule has 7 heterocycles. The van der Waals surface area contributed by atoms with Crippen molar-refractivity contribution in [3.8, 4) is 0 Å². The normalized spacial score (nSPS) is 22.6. The van der Waals surface area contributed by atoms with Crippen molar-refractivity contribution in [3.63, 3.8) is 0 Å². The molecule has 0 bridgehead atoms. The Hall–Kier alpha value is 2.80. The summed E-state index contributed by atoms with van der Waals surface area (Å²) in [5.74, 6) is 1.84. The third kappa shape index (κ3) is 7.15. The predicted molar refractivity (Wildman–Crippen MR) is 222 cm³/mol. The molecule has 0 unspecified atom stereocenters. The molecule has 1 aromatic rings. The van der Waals surface area contributed by atoms with Gasteiger partial charge in [-0.3, -0.25) is 0 Å². The molecule has 0 saturated carbocycles. The summed E-state index contributed by atoms with van der Waals surface area (Å²) >= 11 is 30.4. The first-order valence-corrected chi connectivity index (χ1v) is 26.0. The molecule has 0 radical (unpaired) electrons. The molecule has 1 aromatic heterocycles. The molecular formula is C24H16OS16. The van der Waals surface area contributed by atoms with Crippen LogP contribution in [-0.4, -0.2) is 25.0 Å². The van der Waals surface area contributed by atoms with Crippen LogP contribution in [0, 0.1) is 0 Å². The molecular weight excluding hydrogens is 817 g/mol. The molecule has 0 aliphatic carbocycles. The van der Waals surface area contributed by atoms with Crippen molar-refractivity contribution in [2.24, 2.45) is 0 Å². The summed E-state index contributed by atoms with van der Waals surface area (Å²) in [6.45, 7) is 0. The van der Waals surface area contributed by atoms with E-state index in [0.717, 1.165) is 11.5 Å². The summed E-state index contributed by atoms with van der Waals surface area (Å²) < 4.78 is 26.0. The maximum Gasteiger partial charge on any atom is 0.129 e. The first kappa shape index (κ1) is 32.4. The number of hydrogen-bond donors (Lipinski definition) is 0. The lowest BCUT2D eigenvalue weighted by Gasteiger charge is -2.05. The predicted octanol–water partition coefficient (Wildman–Crippen LogP) is 15.0. The Morgan fingerprint density at radius 1 is 0.415 bits per heavy atom. The number of thioether (sulfide) groups is 16. The fourth-order valence-corrected chi connectivity index (χ4v) is 26.5. The average Bonchev–Trinajstić information content (AvgIpc) is 3.79. The van der Waals surface area contributed by atoms with E-state index in [4.69, 9.17) is 4.42 Å². The molecule has 214 valence electrons. The van der Waals surface area contributed by atoms with E-state index in [1.54, 1.807) is 0 Å². The van der Waals surface area contributed by atoms with E-state index in [9.17, 15) is 0 Å². The first-order chi connectivity index (χ1) is 20.0. The standard InChI is InChI=1S/C24H16OS16/c1-26-13-14(27-2)35-21(34-13)23-38-17-18(39-23)31-11(30-17)7-9-5-6-10(25-9)8-12-32-19-20(33-12)41-24(40-19)22-36-15(28-3)16(29-4)37-22/h5-8H,1-4H3. The summed E-state index contributed by atoms with van der Waals surface area (Å²) in [7, 11) is 0. The third-order valence-corrected chi connectivity index (χ3v) is 27.6. The minimum Gasteiger partial charge on any atom is -0.457 e. The molecule has 6 aliphatic rings. The van der Waals surface area contributed by atoms with Gasteiger partial charge in [-0.25, -0.2) is 0 Å². The number of rotatable bonds is 6. The summed E-state index contributed by atoms with van der Waals surface area (Å²) in [5, 5.41) is 0. The molecule has 6 aliphatic heterocycles. The summed E-state index contributed by atoms with van der Waals surface area (Å²) in [6, 6.07) is 4.18. The van der Waals surface area contributed by atoms with E-state index >= 15 is 0 Å². The zero-order valence-electron chi connectivity index (χ0n) is 21.2. The minimum atomic E-state index is 0.920.